The summed E-state index contributed by atoms with van der Waals surface area (Å²) < 4.78 is 7.12. The molecule has 3 rings (SSSR count). The molecule has 2 aromatic rings. The van der Waals surface area contributed by atoms with Crippen molar-refractivity contribution in [3.8, 4) is 11.5 Å². The van der Waals surface area contributed by atoms with Crippen LogP contribution in [0.2, 0.25) is 0 Å². The first-order valence-electron chi connectivity index (χ1n) is 7.43. The first kappa shape index (κ1) is 16.1. The van der Waals surface area contributed by atoms with Gasteiger partial charge in [-0.15, -0.1) is 0 Å². The molecule has 0 saturated heterocycles. The highest BCUT2D eigenvalue weighted by Gasteiger charge is 2.44. The van der Waals surface area contributed by atoms with Crippen LogP contribution in [-0.4, -0.2) is 32.4 Å². The molecule has 1 aromatic carbocycles. The van der Waals surface area contributed by atoms with Gasteiger partial charge in [0.05, 0.1) is 6.04 Å². The molecule has 24 heavy (non-hydrogen) atoms. The smallest absolute Gasteiger partial charge is 0.254 e. The first-order chi connectivity index (χ1) is 11.2. The van der Waals surface area contributed by atoms with Crippen molar-refractivity contribution in [3.05, 3.63) is 58.0 Å². The summed E-state index contributed by atoms with van der Waals surface area (Å²) in [4.78, 5) is 23.8. The second-order valence-electron chi connectivity index (χ2n) is 6.34. The molecule has 2 heterocycles. The summed E-state index contributed by atoms with van der Waals surface area (Å²) in [6.45, 7) is 3.42. The number of ether oxygens (including phenoxy) is 1. The van der Waals surface area contributed by atoms with Gasteiger partial charge in [-0.2, -0.15) is 0 Å². The molecule has 2 atom stereocenters. The van der Waals surface area contributed by atoms with Crippen molar-refractivity contribution >= 4 is 5.91 Å². The van der Waals surface area contributed by atoms with E-state index in [2.05, 4.69) is 0 Å². The maximum atomic E-state index is 12.3. The number of pyridine rings is 1. The third kappa shape index (κ3) is 2.52. The lowest BCUT2D eigenvalue weighted by Crippen LogP contribution is -2.52. The predicted molar refractivity (Wildman–Crippen MR) is 86.2 cm³/mol. The van der Waals surface area contributed by atoms with Crippen molar-refractivity contribution < 1.29 is 19.7 Å². The van der Waals surface area contributed by atoms with Gasteiger partial charge in [-0.05, 0) is 38.1 Å². The Balaban J connectivity index is 2.25. The van der Waals surface area contributed by atoms with Crippen LogP contribution in [0.3, 0.4) is 0 Å². The molecular weight excluding hydrogens is 312 g/mol. The van der Waals surface area contributed by atoms with Crippen LogP contribution < -0.4 is 16.0 Å². The van der Waals surface area contributed by atoms with Crippen molar-refractivity contribution in [1.29, 1.82) is 0 Å². The third-order valence-electron chi connectivity index (χ3n) is 4.23. The number of primary amides is 1. The number of aromatic nitrogens is 1. The lowest BCUT2D eigenvalue weighted by Gasteiger charge is -2.42. The fourth-order valence-electron chi connectivity index (χ4n) is 2.93. The van der Waals surface area contributed by atoms with Crippen LogP contribution in [0.5, 0.6) is 11.5 Å². The molecule has 7 heteroatoms. The summed E-state index contributed by atoms with van der Waals surface area (Å²) in [7, 11) is 0. The molecule has 0 bridgehead atoms. The highest BCUT2D eigenvalue weighted by Crippen LogP contribution is 2.41. The van der Waals surface area contributed by atoms with Crippen LogP contribution in [0, 0.1) is 0 Å². The lowest BCUT2D eigenvalue weighted by atomic mass is 9.85. The molecule has 0 fully saturated rings. The molecule has 1 aromatic heterocycles. The minimum Gasteiger partial charge on any atom is -0.508 e. The van der Waals surface area contributed by atoms with E-state index in [1.54, 1.807) is 19.9 Å². The van der Waals surface area contributed by atoms with Crippen molar-refractivity contribution in [3.63, 3.8) is 0 Å². The number of aromatic hydroxyl groups is 1. The summed E-state index contributed by atoms with van der Waals surface area (Å²) in [5.41, 5.74) is 4.62. The van der Waals surface area contributed by atoms with Crippen molar-refractivity contribution in [2.24, 2.45) is 5.73 Å². The Morgan fingerprint density at radius 3 is 2.62 bits per heavy atom. The van der Waals surface area contributed by atoms with E-state index in [-0.39, 0.29) is 11.3 Å². The number of aliphatic hydroxyl groups excluding tert-OH is 1. The Bertz CT molecular complexity index is 872. The molecule has 1 aliphatic heterocycles. The van der Waals surface area contributed by atoms with E-state index in [1.165, 1.54) is 29.0 Å². The average Bonchev–Trinajstić information content (AvgIpc) is 2.49. The van der Waals surface area contributed by atoms with Crippen molar-refractivity contribution in [1.82, 2.24) is 4.57 Å². The number of fused-ring (bicyclic) bond motifs is 1. The number of nitrogens with zero attached hydrogens (tertiary/aromatic N) is 1. The molecule has 4 N–H and O–H groups in total. The van der Waals surface area contributed by atoms with Crippen LogP contribution in [0.15, 0.2) is 41.3 Å². The molecule has 1 amide bonds. The van der Waals surface area contributed by atoms with Gasteiger partial charge in [0.1, 0.15) is 23.2 Å². The SMILES string of the molecule is CC1(C)Oc2ccc(C(N)=O)cc2C(n2ccc(O)cc2=O)C1O. The number of nitrogens with two attached hydrogens (primary N) is 1. The summed E-state index contributed by atoms with van der Waals surface area (Å²) >= 11 is 0. The van der Waals surface area contributed by atoms with E-state index in [1.807, 2.05) is 0 Å². The summed E-state index contributed by atoms with van der Waals surface area (Å²) in [6, 6.07) is 6.28. The highest BCUT2D eigenvalue weighted by atomic mass is 16.5. The molecule has 126 valence electrons. The second-order valence-corrected chi connectivity index (χ2v) is 6.34. The van der Waals surface area contributed by atoms with Gasteiger partial charge in [0.25, 0.3) is 5.56 Å². The summed E-state index contributed by atoms with van der Waals surface area (Å²) in [6.07, 6.45) is 0.337. The van der Waals surface area contributed by atoms with Gasteiger partial charge in [-0.1, -0.05) is 0 Å². The van der Waals surface area contributed by atoms with E-state index in [4.69, 9.17) is 10.5 Å². The minimum absolute atomic E-state index is 0.164. The third-order valence-corrected chi connectivity index (χ3v) is 4.23. The topological polar surface area (TPSA) is 115 Å². The predicted octanol–water partition coefficient (Wildman–Crippen LogP) is 0.774. The lowest BCUT2D eigenvalue weighted by molar-refractivity contribution is -0.0643. The van der Waals surface area contributed by atoms with E-state index in [9.17, 15) is 19.8 Å². The van der Waals surface area contributed by atoms with E-state index in [0.717, 1.165) is 6.07 Å². The summed E-state index contributed by atoms with van der Waals surface area (Å²) in [5, 5.41) is 20.2. The first-order valence-corrected chi connectivity index (χ1v) is 7.43. The quantitative estimate of drug-likeness (QED) is 0.752. The molecule has 0 aliphatic carbocycles. The van der Waals surface area contributed by atoms with Crippen LogP contribution in [-0.2, 0) is 0 Å². The van der Waals surface area contributed by atoms with Gasteiger partial charge < -0.3 is 25.3 Å². The zero-order valence-electron chi connectivity index (χ0n) is 13.3. The Kier molecular flexibility index (Phi) is 3.60. The van der Waals surface area contributed by atoms with Crippen LogP contribution in [0.25, 0.3) is 0 Å². The average molecular weight is 330 g/mol. The maximum absolute atomic E-state index is 12.3. The van der Waals surface area contributed by atoms with Crippen molar-refractivity contribution in [2.45, 2.75) is 31.6 Å². The number of hydrogen-bond acceptors (Lipinski definition) is 5. The Labute approximate surface area is 137 Å². The minimum atomic E-state index is -1.06. The van der Waals surface area contributed by atoms with Gasteiger partial charge in [0.15, 0.2) is 0 Å². The normalized spacial score (nSPS) is 21.6. The molecular formula is C17H18N2O5. The zero-order chi connectivity index (χ0) is 17.6. The Morgan fingerprint density at radius 2 is 2.00 bits per heavy atom. The largest absolute Gasteiger partial charge is 0.508 e. The van der Waals surface area contributed by atoms with Gasteiger partial charge in [-0.3, -0.25) is 9.59 Å². The Hall–Kier alpha value is -2.80. The van der Waals surface area contributed by atoms with Crippen molar-refractivity contribution in [2.75, 3.05) is 0 Å². The van der Waals surface area contributed by atoms with E-state index >= 15 is 0 Å². The summed E-state index contributed by atoms with van der Waals surface area (Å²) in [5.74, 6) is -0.322. The van der Waals surface area contributed by atoms with Crippen LogP contribution in [0.4, 0.5) is 0 Å². The molecule has 2 unspecified atom stereocenters. The fraction of sp³-hybridized carbons (Fsp3) is 0.294. The number of carbonyl (C=O) groups excluding carboxylic acids is 1. The van der Waals surface area contributed by atoms with Gasteiger partial charge in [0.2, 0.25) is 5.91 Å². The number of carbonyl (C=O) groups is 1. The second kappa shape index (κ2) is 5.38. The molecule has 1 aliphatic rings. The zero-order valence-corrected chi connectivity index (χ0v) is 13.3. The number of benzene rings is 1. The van der Waals surface area contributed by atoms with Gasteiger partial charge in [0, 0.05) is 23.4 Å². The van der Waals surface area contributed by atoms with Crippen LogP contribution in [0.1, 0.15) is 35.8 Å². The maximum Gasteiger partial charge on any atom is 0.254 e. The van der Waals surface area contributed by atoms with E-state index in [0.29, 0.717) is 11.3 Å². The van der Waals surface area contributed by atoms with Gasteiger partial charge in [-0.25, -0.2) is 0 Å². The fourth-order valence-corrected chi connectivity index (χ4v) is 2.93. The van der Waals surface area contributed by atoms with E-state index < -0.39 is 29.2 Å². The highest BCUT2D eigenvalue weighted by molar-refractivity contribution is 5.93. The molecule has 0 saturated carbocycles. The standard InChI is InChI=1S/C17H18N2O5/c1-17(2)15(22)14(19-6-5-10(20)8-13(19)21)11-7-9(16(18)23)3-4-12(11)24-17/h3-8,14-15,20,22H,1-2H3,(H2,18,23). The van der Waals surface area contributed by atoms with Gasteiger partial charge >= 0.3 is 0 Å². The number of hydrogen-bond donors (Lipinski definition) is 3. The molecule has 7 nitrogen and oxygen atoms in total. The number of amides is 1. The molecule has 0 radical (unpaired) electrons. The number of rotatable bonds is 2. The molecule has 0 spiro atoms. The van der Waals surface area contributed by atoms with Crippen LogP contribution >= 0.6 is 0 Å². The number of aliphatic hydroxyl groups is 1. The Morgan fingerprint density at radius 1 is 1.29 bits per heavy atom. The monoisotopic (exact) mass is 330 g/mol.